The first-order valence-corrected chi connectivity index (χ1v) is 10.6. The number of aromatic nitrogens is 4. The molecule has 0 aromatic carbocycles. The van der Waals surface area contributed by atoms with Gasteiger partial charge in [0.15, 0.2) is 11.6 Å². The highest BCUT2D eigenvalue weighted by Gasteiger charge is 2.35. The van der Waals surface area contributed by atoms with E-state index < -0.39 is 11.7 Å². The average molecular weight is 446 g/mol. The third-order valence-electron chi connectivity index (χ3n) is 5.74. The number of piperazine rings is 1. The maximum absolute atomic E-state index is 13.6. The summed E-state index contributed by atoms with van der Waals surface area (Å²) in [6.07, 6.45) is 0.714. The summed E-state index contributed by atoms with van der Waals surface area (Å²) >= 11 is 0. The van der Waals surface area contributed by atoms with E-state index in [1.807, 2.05) is 17.2 Å². The summed E-state index contributed by atoms with van der Waals surface area (Å²) in [7, 11) is 0. The predicted octanol–water partition coefficient (Wildman–Crippen LogP) is 1.85. The smallest absolute Gasteiger partial charge is 0.378 e. The number of ether oxygens (including phenoxy) is 1. The van der Waals surface area contributed by atoms with Gasteiger partial charge in [0.2, 0.25) is 0 Å². The van der Waals surface area contributed by atoms with E-state index in [2.05, 4.69) is 31.5 Å². The largest absolute Gasteiger partial charge is 0.417 e. The van der Waals surface area contributed by atoms with Crippen LogP contribution in [0.1, 0.15) is 11.1 Å². The summed E-state index contributed by atoms with van der Waals surface area (Å²) in [6, 6.07) is 2.86. The lowest BCUT2D eigenvalue weighted by atomic mass is 10.1. The van der Waals surface area contributed by atoms with Gasteiger partial charge >= 0.3 is 6.18 Å². The molecule has 32 heavy (non-hydrogen) atoms. The maximum atomic E-state index is 13.6. The molecule has 0 aliphatic carbocycles. The zero-order valence-electron chi connectivity index (χ0n) is 17.4. The van der Waals surface area contributed by atoms with Crippen LogP contribution in [0, 0.1) is 6.20 Å². The zero-order chi connectivity index (χ0) is 22.1. The van der Waals surface area contributed by atoms with Gasteiger partial charge in [-0.25, -0.2) is 9.50 Å². The highest BCUT2D eigenvalue weighted by molar-refractivity contribution is 5.73. The first-order valence-electron chi connectivity index (χ1n) is 10.6. The Morgan fingerprint density at radius 3 is 2.66 bits per heavy atom. The molecule has 8 nitrogen and oxygen atoms in total. The molecule has 5 rings (SSSR count). The van der Waals surface area contributed by atoms with Crippen molar-refractivity contribution in [2.75, 3.05) is 57.4 Å². The molecule has 2 saturated heterocycles. The van der Waals surface area contributed by atoms with Crippen molar-refractivity contribution < 1.29 is 17.9 Å². The van der Waals surface area contributed by atoms with E-state index in [0.717, 1.165) is 56.1 Å². The predicted molar refractivity (Wildman–Crippen MR) is 111 cm³/mol. The van der Waals surface area contributed by atoms with Gasteiger partial charge in [-0.3, -0.25) is 9.88 Å². The molecule has 1 radical (unpaired) electrons. The summed E-state index contributed by atoms with van der Waals surface area (Å²) < 4.78 is 48.0. The van der Waals surface area contributed by atoms with Crippen molar-refractivity contribution in [2.24, 2.45) is 0 Å². The number of hydrogen-bond donors (Lipinski definition) is 1. The highest BCUT2D eigenvalue weighted by atomic mass is 19.4. The van der Waals surface area contributed by atoms with Gasteiger partial charge in [0.05, 0.1) is 30.5 Å². The zero-order valence-corrected chi connectivity index (χ0v) is 17.4. The van der Waals surface area contributed by atoms with Crippen molar-refractivity contribution in [2.45, 2.75) is 12.7 Å². The molecule has 0 amide bonds. The number of nitrogens with zero attached hydrogens (tertiary/aromatic N) is 6. The molecule has 11 heteroatoms. The van der Waals surface area contributed by atoms with E-state index in [9.17, 15) is 13.2 Å². The summed E-state index contributed by atoms with van der Waals surface area (Å²) in [5.74, 6) is 0.586. The molecule has 1 N–H and O–H groups in total. The lowest BCUT2D eigenvalue weighted by molar-refractivity contribution is -0.137. The van der Waals surface area contributed by atoms with Crippen molar-refractivity contribution in [3.63, 3.8) is 0 Å². The number of pyridine rings is 1. The molecule has 2 fully saturated rings. The topological polar surface area (TPSA) is 70.8 Å². The summed E-state index contributed by atoms with van der Waals surface area (Å²) in [5.41, 5.74) is 0.797. The number of fused-ring (bicyclic) bond motifs is 1. The van der Waals surface area contributed by atoms with Crippen LogP contribution in [0.2, 0.25) is 0 Å². The molecule has 0 saturated carbocycles. The Morgan fingerprint density at radius 2 is 1.91 bits per heavy atom. The van der Waals surface area contributed by atoms with Crippen molar-refractivity contribution in [1.29, 1.82) is 0 Å². The first-order chi connectivity index (χ1) is 15.5. The summed E-state index contributed by atoms with van der Waals surface area (Å²) in [6.45, 7) is 6.81. The lowest BCUT2D eigenvalue weighted by Gasteiger charge is -2.28. The van der Waals surface area contributed by atoms with Gasteiger partial charge in [-0.1, -0.05) is 0 Å². The molecule has 0 unspecified atom stereocenters. The Labute approximate surface area is 183 Å². The van der Waals surface area contributed by atoms with Crippen molar-refractivity contribution in [3.8, 4) is 11.4 Å². The minimum absolute atomic E-state index is 0.0165. The molecule has 2 aliphatic rings. The number of morpholine rings is 1. The standard InChI is InChI=1S/C21H23F3N7O/c22-21(23,24)17-1-2-26-12-16(17)19-27-20(30-7-9-32-10-8-30)18-11-15(14-31(18)28-19)13-29-5-3-25-4-6-29/h1,11-12,14,25H,3-10,13H2. The number of alkyl halides is 3. The molecule has 0 spiro atoms. The Hall–Kier alpha value is -2.76. The van der Waals surface area contributed by atoms with Crippen molar-refractivity contribution in [1.82, 2.24) is 29.8 Å². The molecular formula is C21H23F3N7O. The number of anilines is 1. The van der Waals surface area contributed by atoms with E-state index in [4.69, 9.17) is 4.74 Å². The Kier molecular flexibility index (Phi) is 5.70. The van der Waals surface area contributed by atoms with Crippen LogP contribution < -0.4 is 10.2 Å². The van der Waals surface area contributed by atoms with Crippen LogP contribution in [-0.4, -0.2) is 77.0 Å². The second-order valence-corrected chi connectivity index (χ2v) is 7.92. The molecule has 5 heterocycles. The third-order valence-corrected chi connectivity index (χ3v) is 5.74. The minimum atomic E-state index is -4.56. The first kappa shape index (κ1) is 21.1. The molecule has 2 aliphatic heterocycles. The second-order valence-electron chi connectivity index (χ2n) is 7.92. The number of nitrogens with one attached hydrogen (secondary N) is 1. The van der Waals surface area contributed by atoms with Gasteiger partial charge in [0.1, 0.15) is 5.52 Å². The van der Waals surface area contributed by atoms with Gasteiger partial charge in [0.25, 0.3) is 0 Å². The fraction of sp³-hybridized carbons (Fsp3) is 0.476. The maximum Gasteiger partial charge on any atom is 0.417 e. The molecule has 0 atom stereocenters. The molecule has 0 bridgehead atoms. The van der Waals surface area contributed by atoms with Crippen LogP contribution in [0.15, 0.2) is 24.5 Å². The number of halogens is 3. The fourth-order valence-corrected chi connectivity index (χ4v) is 4.14. The number of rotatable bonds is 4. The van der Waals surface area contributed by atoms with Crippen molar-refractivity contribution >= 4 is 11.3 Å². The Morgan fingerprint density at radius 1 is 1.12 bits per heavy atom. The van der Waals surface area contributed by atoms with Crippen LogP contribution >= 0.6 is 0 Å². The average Bonchev–Trinajstić information content (AvgIpc) is 3.21. The van der Waals surface area contributed by atoms with Gasteiger partial charge in [-0.05, 0) is 17.7 Å². The van der Waals surface area contributed by atoms with E-state index in [0.29, 0.717) is 32.1 Å². The third kappa shape index (κ3) is 4.27. The van der Waals surface area contributed by atoms with Crippen LogP contribution in [0.3, 0.4) is 0 Å². The Balaban J connectivity index is 1.60. The van der Waals surface area contributed by atoms with Gasteiger partial charge in [-0.2, -0.15) is 13.2 Å². The summed E-state index contributed by atoms with van der Waals surface area (Å²) in [4.78, 5) is 12.7. The normalized spacial score (nSPS) is 18.4. The Bertz CT molecular complexity index is 1090. The summed E-state index contributed by atoms with van der Waals surface area (Å²) in [5, 5.41) is 7.79. The molecule has 3 aromatic heterocycles. The van der Waals surface area contributed by atoms with Crippen LogP contribution in [0.4, 0.5) is 19.0 Å². The van der Waals surface area contributed by atoms with Crippen LogP contribution in [0.25, 0.3) is 16.9 Å². The molecular weight excluding hydrogens is 423 g/mol. The molecule has 3 aromatic rings. The van der Waals surface area contributed by atoms with E-state index >= 15 is 0 Å². The minimum Gasteiger partial charge on any atom is -0.378 e. The van der Waals surface area contributed by atoms with Crippen LogP contribution in [0.5, 0.6) is 0 Å². The fourth-order valence-electron chi connectivity index (χ4n) is 4.14. The van der Waals surface area contributed by atoms with E-state index in [1.165, 1.54) is 0 Å². The van der Waals surface area contributed by atoms with Crippen LogP contribution in [-0.2, 0) is 17.5 Å². The van der Waals surface area contributed by atoms with Gasteiger partial charge in [-0.15, -0.1) is 5.10 Å². The van der Waals surface area contributed by atoms with Gasteiger partial charge < -0.3 is 15.0 Å². The lowest BCUT2D eigenvalue weighted by Crippen LogP contribution is -2.42. The quantitative estimate of drug-likeness (QED) is 0.656. The van der Waals surface area contributed by atoms with E-state index in [-0.39, 0.29) is 11.4 Å². The SMILES string of the molecule is FC(F)(F)c1c[c]ncc1-c1nc(N2CCOCC2)c2cc(CN3CCNCC3)cn2n1. The second kappa shape index (κ2) is 8.64. The number of hydrogen-bond acceptors (Lipinski definition) is 7. The van der Waals surface area contributed by atoms with Crippen molar-refractivity contribution in [3.05, 3.63) is 41.9 Å². The van der Waals surface area contributed by atoms with E-state index in [1.54, 1.807) is 4.52 Å². The molecule has 169 valence electrons. The van der Waals surface area contributed by atoms with Gasteiger partial charge in [0, 0.05) is 58.2 Å². The monoisotopic (exact) mass is 446 g/mol. The highest BCUT2D eigenvalue weighted by Crippen LogP contribution is 2.36.